The molecule has 0 radical (unpaired) electrons. The molecule has 0 bridgehead atoms. The van der Waals surface area contributed by atoms with Gasteiger partial charge in [-0.2, -0.15) is 0 Å². The summed E-state index contributed by atoms with van der Waals surface area (Å²) < 4.78 is 5.48. The lowest BCUT2D eigenvalue weighted by Crippen LogP contribution is -2.06. The Balaban J connectivity index is 1.94. The highest BCUT2D eigenvalue weighted by Crippen LogP contribution is 2.32. The number of halogens is 1. The summed E-state index contributed by atoms with van der Waals surface area (Å²) in [6.45, 7) is 0. The number of aliphatic hydroxyl groups is 1. The second-order valence-electron chi connectivity index (χ2n) is 6.83. The van der Waals surface area contributed by atoms with Gasteiger partial charge in [-0.05, 0) is 49.2 Å². The van der Waals surface area contributed by atoms with E-state index in [0.29, 0.717) is 26.7 Å². The maximum atomic E-state index is 12.1. The first kappa shape index (κ1) is 20.7. The Morgan fingerprint density at radius 3 is 2.42 bits per heavy atom. The number of nitrogens with zero attached hydrogens (tertiary/aromatic N) is 3. The molecular weight excluding hydrogens is 462 g/mol. The van der Waals surface area contributed by atoms with Crippen LogP contribution in [-0.2, 0) is 4.74 Å². The number of benzene rings is 2. The van der Waals surface area contributed by atoms with E-state index in [9.17, 15) is 15.0 Å². The lowest BCUT2D eigenvalue weighted by molar-refractivity contribution is 0.0600. The molecule has 3 aromatic rings. The minimum atomic E-state index is -0.492. The summed E-state index contributed by atoms with van der Waals surface area (Å²) in [6, 6.07) is 11.7. The number of aliphatic hydroxyl groups excluding tert-OH is 1. The van der Waals surface area contributed by atoms with Crippen molar-refractivity contribution in [1.29, 1.82) is 0 Å². The molecule has 0 fully saturated rings. The van der Waals surface area contributed by atoms with E-state index in [1.807, 2.05) is 6.08 Å². The molecule has 1 aliphatic carbocycles. The fourth-order valence-corrected chi connectivity index (χ4v) is 3.72. The summed E-state index contributed by atoms with van der Waals surface area (Å²) in [7, 11) is 1.31. The highest BCUT2D eigenvalue weighted by atomic mass is 79.9. The van der Waals surface area contributed by atoms with Gasteiger partial charge in [0.1, 0.15) is 11.5 Å². The Morgan fingerprint density at radius 1 is 0.968 bits per heavy atom. The molecule has 1 aliphatic rings. The van der Waals surface area contributed by atoms with Crippen molar-refractivity contribution in [3.05, 3.63) is 76.2 Å². The third kappa shape index (κ3) is 4.34. The maximum absolute atomic E-state index is 12.1. The number of hydrogen-bond acceptors (Lipinski definition) is 7. The number of allylic oxidation sites excluding steroid dienone is 3. The number of carbonyl (C=O) groups excluding carboxylic acids is 1. The third-order valence-corrected chi connectivity index (χ3v) is 5.18. The molecule has 2 aromatic carbocycles. The van der Waals surface area contributed by atoms with E-state index >= 15 is 0 Å². The molecule has 7 nitrogen and oxygen atoms in total. The van der Waals surface area contributed by atoms with E-state index in [1.165, 1.54) is 7.11 Å². The molecule has 4 rings (SSSR count). The van der Waals surface area contributed by atoms with Gasteiger partial charge in [-0.1, -0.05) is 34.1 Å². The van der Waals surface area contributed by atoms with Crippen molar-refractivity contribution >= 4 is 27.5 Å². The minimum absolute atomic E-state index is 0.0208. The maximum Gasteiger partial charge on any atom is 0.337 e. The van der Waals surface area contributed by atoms with E-state index in [-0.39, 0.29) is 29.0 Å². The van der Waals surface area contributed by atoms with Crippen molar-refractivity contribution in [2.45, 2.75) is 12.8 Å². The van der Waals surface area contributed by atoms with Crippen molar-refractivity contribution in [2.75, 3.05) is 7.11 Å². The first-order valence-electron chi connectivity index (χ1n) is 9.50. The molecule has 0 amide bonds. The molecule has 0 aliphatic heterocycles. The number of phenolic OH excluding ortho intramolecular Hbond substituents is 1. The number of phenols is 1. The largest absolute Gasteiger partial charge is 0.508 e. The SMILES string of the molecule is COC(=O)c1cc(Br)cc(-c2nc(C3=CCCC=C3O)nc(-c3ccccc3O)n2)c1. The zero-order valence-corrected chi connectivity index (χ0v) is 18.1. The van der Waals surface area contributed by atoms with E-state index in [0.717, 1.165) is 12.8 Å². The lowest BCUT2D eigenvalue weighted by Gasteiger charge is -2.13. The van der Waals surface area contributed by atoms with Gasteiger partial charge >= 0.3 is 5.97 Å². The fraction of sp³-hybridized carbons (Fsp3) is 0.130. The molecule has 1 heterocycles. The van der Waals surface area contributed by atoms with E-state index in [2.05, 4.69) is 30.9 Å². The summed E-state index contributed by atoms with van der Waals surface area (Å²) in [5.41, 5.74) is 1.80. The zero-order chi connectivity index (χ0) is 22.0. The first-order valence-corrected chi connectivity index (χ1v) is 10.3. The van der Waals surface area contributed by atoms with Crippen LogP contribution in [0.4, 0.5) is 0 Å². The minimum Gasteiger partial charge on any atom is -0.508 e. The Morgan fingerprint density at radius 2 is 1.68 bits per heavy atom. The van der Waals surface area contributed by atoms with Crippen molar-refractivity contribution in [3.8, 4) is 28.5 Å². The van der Waals surface area contributed by atoms with Gasteiger partial charge in [0, 0.05) is 10.0 Å². The lowest BCUT2D eigenvalue weighted by atomic mass is 10.0. The van der Waals surface area contributed by atoms with Crippen LogP contribution < -0.4 is 0 Å². The smallest absolute Gasteiger partial charge is 0.337 e. The normalized spacial score (nSPS) is 13.4. The van der Waals surface area contributed by atoms with Crippen LogP contribution in [0.15, 0.2) is 64.8 Å². The van der Waals surface area contributed by atoms with Gasteiger partial charge in [0.25, 0.3) is 0 Å². The van der Waals surface area contributed by atoms with E-state index in [4.69, 9.17) is 4.74 Å². The van der Waals surface area contributed by atoms with Crippen LogP contribution in [0, 0.1) is 0 Å². The topological polar surface area (TPSA) is 105 Å². The average Bonchev–Trinajstić information content (AvgIpc) is 2.78. The molecule has 1 aromatic heterocycles. The molecule has 0 atom stereocenters. The summed E-state index contributed by atoms with van der Waals surface area (Å²) in [5.74, 6) is 0.430. The third-order valence-electron chi connectivity index (χ3n) is 4.73. The molecule has 2 N–H and O–H groups in total. The number of aromatic nitrogens is 3. The van der Waals surface area contributed by atoms with Crippen LogP contribution in [0.2, 0.25) is 0 Å². The van der Waals surface area contributed by atoms with Gasteiger partial charge in [-0.3, -0.25) is 0 Å². The first-order chi connectivity index (χ1) is 15.0. The number of hydrogen-bond donors (Lipinski definition) is 2. The molecule has 8 heteroatoms. The molecule has 0 spiro atoms. The van der Waals surface area contributed by atoms with E-state index in [1.54, 1.807) is 48.5 Å². The van der Waals surface area contributed by atoms with Gasteiger partial charge < -0.3 is 14.9 Å². The highest BCUT2D eigenvalue weighted by Gasteiger charge is 2.19. The molecule has 0 saturated heterocycles. The van der Waals surface area contributed by atoms with Crippen molar-refractivity contribution in [3.63, 3.8) is 0 Å². The van der Waals surface area contributed by atoms with Crippen LogP contribution >= 0.6 is 15.9 Å². The number of para-hydroxylation sites is 1. The number of rotatable bonds is 4. The standard InChI is InChI=1S/C23H18BrN3O4/c1-31-23(30)14-10-13(11-15(24)12-14)20-25-21(16-6-2-4-8-18(16)28)27-22(26-20)17-7-3-5-9-19(17)29/h2,4,6-12,28-29H,3,5H2,1H3. The monoisotopic (exact) mass is 479 g/mol. The van der Waals surface area contributed by atoms with Crippen molar-refractivity contribution in [2.24, 2.45) is 0 Å². The Bertz CT molecular complexity index is 1240. The van der Waals surface area contributed by atoms with Crippen LogP contribution in [0.3, 0.4) is 0 Å². The number of methoxy groups -OCH3 is 1. The predicted octanol–water partition coefficient (Wildman–Crippen LogP) is 5.08. The summed E-state index contributed by atoms with van der Waals surface area (Å²) in [6.07, 6.45) is 5.06. The molecule has 31 heavy (non-hydrogen) atoms. The van der Waals surface area contributed by atoms with Crippen molar-refractivity contribution in [1.82, 2.24) is 15.0 Å². The second-order valence-corrected chi connectivity index (χ2v) is 7.74. The molecular formula is C23H18BrN3O4. The highest BCUT2D eigenvalue weighted by molar-refractivity contribution is 9.10. The molecule has 156 valence electrons. The van der Waals surface area contributed by atoms with E-state index < -0.39 is 5.97 Å². The Hall–Kier alpha value is -3.52. The van der Waals surface area contributed by atoms with Gasteiger partial charge in [0.15, 0.2) is 17.5 Å². The Labute approximate surface area is 186 Å². The van der Waals surface area contributed by atoms with Crippen LogP contribution in [0.1, 0.15) is 29.0 Å². The second kappa shape index (κ2) is 8.69. The Kier molecular flexibility index (Phi) is 5.81. The van der Waals surface area contributed by atoms with Crippen LogP contribution in [-0.4, -0.2) is 38.2 Å². The van der Waals surface area contributed by atoms with Crippen LogP contribution in [0.5, 0.6) is 5.75 Å². The summed E-state index contributed by atoms with van der Waals surface area (Å²) >= 11 is 3.41. The van der Waals surface area contributed by atoms with Gasteiger partial charge in [-0.15, -0.1) is 0 Å². The summed E-state index contributed by atoms with van der Waals surface area (Å²) in [4.78, 5) is 25.7. The molecule has 0 unspecified atom stereocenters. The number of carbonyl (C=O) groups is 1. The zero-order valence-electron chi connectivity index (χ0n) is 16.5. The number of ether oxygens (including phenoxy) is 1. The number of aromatic hydroxyl groups is 1. The van der Waals surface area contributed by atoms with Gasteiger partial charge in [0.05, 0.1) is 23.8 Å². The van der Waals surface area contributed by atoms with Crippen LogP contribution in [0.25, 0.3) is 28.3 Å². The average molecular weight is 480 g/mol. The summed E-state index contributed by atoms with van der Waals surface area (Å²) in [5, 5.41) is 20.7. The molecule has 0 saturated carbocycles. The van der Waals surface area contributed by atoms with Gasteiger partial charge in [-0.25, -0.2) is 19.7 Å². The van der Waals surface area contributed by atoms with Crippen molar-refractivity contribution < 1.29 is 19.7 Å². The fourth-order valence-electron chi connectivity index (χ4n) is 3.23. The van der Waals surface area contributed by atoms with Gasteiger partial charge in [0.2, 0.25) is 0 Å². The predicted molar refractivity (Wildman–Crippen MR) is 119 cm³/mol. The quantitative estimate of drug-likeness (QED) is 0.502. The number of esters is 1.